The van der Waals surface area contributed by atoms with E-state index in [2.05, 4.69) is 4.90 Å². The zero-order valence-electron chi connectivity index (χ0n) is 17.6. The predicted molar refractivity (Wildman–Crippen MR) is 107 cm³/mol. The van der Waals surface area contributed by atoms with Crippen molar-refractivity contribution in [1.82, 2.24) is 14.7 Å². The van der Waals surface area contributed by atoms with Crippen LogP contribution in [0.5, 0.6) is 0 Å². The Hall–Kier alpha value is -1.57. The Morgan fingerprint density at radius 1 is 1.07 bits per heavy atom. The van der Waals surface area contributed by atoms with Crippen molar-refractivity contribution in [2.24, 2.45) is 5.92 Å². The van der Waals surface area contributed by atoms with E-state index in [0.717, 1.165) is 5.11 Å². The zero-order chi connectivity index (χ0) is 20.6. The summed E-state index contributed by atoms with van der Waals surface area (Å²) < 4.78 is 10.9. The Morgan fingerprint density at radius 3 is 2.22 bits per heavy atom. The second kappa shape index (κ2) is 7.81. The molecule has 0 saturated carbocycles. The second-order valence-corrected chi connectivity index (χ2v) is 9.76. The number of piperazine rings is 1. The van der Waals surface area contributed by atoms with Crippen molar-refractivity contribution in [3.8, 4) is 0 Å². The summed E-state index contributed by atoms with van der Waals surface area (Å²) in [6.45, 7) is 16.1. The van der Waals surface area contributed by atoms with Crippen molar-refractivity contribution in [3.63, 3.8) is 0 Å². The first-order valence-electron chi connectivity index (χ1n) is 9.53. The monoisotopic (exact) mass is 399 g/mol. The van der Waals surface area contributed by atoms with Crippen LogP contribution in [0.15, 0.2) is 0 Å². The number of carbonyl (C=O) groups excluding carboxylic acids is 2. The molecule has 0 aromatic rings. The molecule has 7 nitrogen and oxygen atoms in total. The van der Waals surface area contributed by atoms with E-state index in [-0.39, 0.29) is 24.0 Å². The van der Waals surface area contributed by atoms with Crippen molar-refractivity contribution < 1.29 is 19.1 Å². The number of thiocarbonyl (C=S) groups is 1. The Balaban J connectivity index is 1.93. The fourth-order valence-electron chi connectivity index (χ4n) is 3.23. The quantitative estimate of drug-likeness (QED) is 0.534. The Bertz CT molecular complexity index is 597. The van der Waals surface area contributed by atoms with Crippen molar-refractivity contribution in [2.45, 2.75) is 65.7 Å². The SMILES string of the molecule is C[C@@H](CN1C[C@@H]2CN(C(=O)OC(C)(C)C)CCN2C1=S)C(=O)OC(C)(C)C. The molecule has 0 aromatic carbocycles. The number of esters is 1. The highest BCUT2D eigenvalue weighted by atomic mass is 32.1. The van der Waals surface area contributed by atoms with E-state index in [4.69, 9.17) is 21.7 Å². The standard InChI is InChI=1S/C19H33N3O4S/c1-13(15(23)25-18(2,3)4)10-21-12-14-11-20(8-9-22(14)16(21)27)17(24)26-19(5,6)7/h13-14H,8-12H2,1-7H3/t13-,14-/m0/s1. The van der Waals surface area contributed by atoms with Gasteiger partial charge in [0.1, 0.15) is 11.2 Å². The van der Waals surface area contributed by atoms with Crippen LogP contribution in [0.3, 0.4) is 0 Å². The molecule has 2 fully saturated rings. The summed E-state index contributed by atoms with van der Waals surface area (Å²) in [6, 6.07) is 0.129. The van der Waals surface area contributed by atoms with E-state index in [1.54, 1.807) is 4.90 Å². The van der Waals surface area contributed by atoms with Gasteiger partial charge in [-0.2, -0.15) is 0 Å². The summed E-state index contributed by atoms with van der Waals surface area (Å²) in [5, 5.41) is 0.749. The molecule has 0 spiro atoms. The summed E-state index contributed by atoms with van der Waals surface area (Å²) in [6.07, 6.45) is -0.284. The molecular weight excluding hydrogens is 366 g/mol. The molecule has 2 heterocycles. The maximum atomic E-state index is 12.3. The third-order valence-electron chi connectivity index (χ3n) is 4.39. The van der Waals surface area contributed by atoms with E-state index < -0.39 is 11.2 Å². The zero-order valence-corrected chi connectivity index (χ0v) is 18.4. The average Bonchev–Trinajstić information content (AvgIpc) is 2.79. The number of carbonyl (C=O) groups is 2. The third-order valence-corrected chi connectivity index (χ3v) is 4.88. The van der Waals surface area contributed by atoms with Crippen LogP contribution in [0, 0.1) is 5.92 Å². The van der Waals surface area contributed by atoms with Gasteiger partial charge in [0.2, 0.25) is 0 Å². The van der Waals surface area contributed by atoms with Crippen molar-refractivity contribution in [2.75, 3.05) is 32.7 Å². The lowest BCUT2D eigenvalue weighted by Gasteiger charge is -2.37. The Labute approximate surface area is 167 Å². The van der Waals surface area contributed by atoms with Gasteiger partial charge in [-0.3, -0.25) is 4.79 Å². The lowest BCUT2D eigenvalue weighted by Crippen LogP contribution is -2.54. The summed E-state index contributed by atoms with van der Waals surface area (Å²) >= 11 is 5.61. The van der Waals surface area contributed by atoms with Crippen LogP contribution in [-0.4, -0.2) is 81.8 Å². The number of hydrogen-bond acceptors (Lipinski definition) is 5. The number of amides is 1. The van der Waals surface area contributed by atoms with Crippen LogP contribution in [0.1, 0.15) is 48.5 Å². The lowest BCUT2D eigenvalue weighted by atomic mass is 10.1. The molecule has 0 unspecified atom stereocenters. The molecule has 2 aliphatic heterocycles. The van der Waals surface area contributed by atoms with Crippen LogP contribution < -0.4 is 0 Å². The van der Waals surface area contributed by atoms with Crippen LogP contribution >= 0.6 is 12.2 Å². The van der Waals surface area contributed by atoms with Crippen LogP contribution in [0.25, 0.3) is 0 Å². The second-order valence-electron chi connectivity index (χ2n) is 9.40. The van der Waals surface area contributed by atoms with Gasteiger partial charge in [-0.05, 0) is 53.8 Å². The largest absolute Gasteiger partial charge is 0.460 e. The minimum Gasteiger partial charge on any atom is -0.460 e. The van der Waals surface area contributed by atoms with Gasteiger partial charge < -0.3 is 24.2 Å². The lowest BCUT2D eigenvalue weighted by molar-refractivity contribution is -0.159. The van der Waals surface area contributed by atoms with Gasteiger partial charge in [-0.25, -0.2) is 4.79 Å². The van der Waals surface area contributed by atoms with Crippen molar-refractivity contribution in [3.05, 3.63) is 0 Å². The summed E-state index contributed by atoms with van der Waals surface area (Å²) in [4.78, 5) is 30.6. The fraction of sp³-hybridized carbons (Fsp3) is 0.842. The van der Waals surface area contributed by atoms with E-state index in [9.17, 15) is 9.59 Å². The first-order chi connectivity index (χ1) is 12.3. The molecule has 2 rings (SSSR count). The third kappa shape index (κ3) is 5.96. The first-order valence-corrected chi connectivity index (χ1v) is 9.94. The van der Waals surface area contributed by atoms with Crippen LogP contribution in [-0.2, 0) is 14.3 Å². The predicted octanol–water partition coefficient (Wildman–Crippen LogP) is 2.49. The number of rotatable bonds is 3. The average molecular weight is 400 g/mol. The van der Waals surface area contributed by atoms with Gasteiger partial charge in [0.15, 0.2) is 5.11 Å². The number of fused-ring (bicyclic) bond motifs is 1. The minimum atomic E-state index is -0.506. The summed E-state index contributed by atoms with van der Waals surface area (Å²) in [7, 11) is 0. The van der Waals surface area contributed by atoms with E-state index >= 15 is 0 Å². The van der Waals surface area contributed by atoms with Gasteiger partial charge in [0.25, 0.3) is 0 Å². The Kier molecular flexibility index (Phi) is 6.29. The number of nitrogens with zero attached hydrogens (tertiary/aromatic N) is 3. The normalized spacial score (nSPS) is 21.8. The highest BCUT2D eigenvalue weighted by Crippen LogP contribution is 2.24. The maximum absolute atomic E-state index is 12.3. The van der Waals surface area contributed by atoms with E-state index in [1.165, 1.54) is 0 Å². The van der Waals surface area contributed by atoms with Gasteiger partial charge in [-0.1, -0.05) is 6.92 Å². The molecule has 8 heteroatoms. The van der Waals surface area contributed by atoms with E-state index in [0.29, 0.717) is 32.7 Å². The topological polar surface area (TPSA) is 62.3 Å². The number of hydrogen-bond donors (Lipinski definition) is 0. The Morgan fingerprint density at radius 2 is 1.67 bits per heavy atom. The molecule has 0 aliphatic carbocycles. The van der Waals surface area contributed by atoms with Crippen molar-refractivity contribution >= 4 is 29.4 Å². The van der Waals surface area contributed by atoms with Crippen LogP contribution in [0.2, 0.25) is 0 Å². The van der Waals surface area contributed by atoms with E-state index in [1.807, 2.05) is 53.4 Å². The first kappa shape index (κ1) is 21.7. The molecule has 0 N–H and O–H groups in total. The molecule has 2 saturated heterocycles. The smallest absolute Gasteiger partial charge is 0.410 e. The fourth-order valence-corrected chi connectivity index (χ4v) is 3.62. The molecule has 0 radical (unpaired) electrons. The molecule has 1 amide bonds. The molecule has 27 heavy (non-hydrogen) atoms. The molecule has 2 atom stereocenters. The maximum Gasteiger partial charge on any atom is 0.410 e. The van der Waals surface area contributed by atoms with Gasteiger partial charge in [0, 0.05) is 32.7 Å². The summed E-state index contributed by atoms with van der Waals surface area (Å²) in [5.74, 6) is -0.490. The van der Waals surface area contributed by atoms with Gasteiger partial charge in [-0.15, -0.1) is 0 Å². The summed E-state index contributed by atoms with van der Waals surface area (Å²) in [5.41, 5.74) is -1.00. The highest BCUT2D eigenvalue weighted by Gasteiger charge is 2.41. The molecule has 0 bridgehead atoms. The number of ether oxygens (including phenoxy) is 2. The highest BCUT2D eigenvalue weighted by molar-refractivity contribution is 7.80. The van der Waals surface area contributed by atoms with Crippen LogP contribution in [0.4, 0.5) is 4.79 Å². The van der Waals surface area contributed by atoms with Gasteiger partial charge in [0.05, 0.1) is 12.0 Å². The van der Waals surface area contributed by atoms with Crippen molar-refractivity contribution in [1.29, 1.82) is 0 Å². The molecular formula is C19H33N3O4S. The van der Waals surface area contributed by atoms with Gasteiger partial charge >= 0.3 is 12.1 Å². The molecule has 2 aliphatic rings. The molecule has 154 valence electrons. The molecule has 0 aromatic heterocycles. The minimum absolute atomic E-state index is 0.129.